The summed E-state index contributed by atoms with van der Waals surface area (Å²) in [6.45, 7) is 4.43. The Bertz CT molecular complexity index is 420. The van der Waals surface area contributed by atoms with Gasteiger partial charge in [-0.1, -0.05) is 6.92 Å². The maximum Gasteiger partial charge on any atom is 0.247 e. The van der Waals surface area contributed by atoms with Crippen LogP contribution in [0.5, 0.6) is 0 Å². The summed E-state index contributed by atoms with van der Waals surface area (Å²) in [4.78, 5) is 36.9. The predicted molar refractivity (Wildman–Crippen MR) is 78.4 cm³/mol. The van der Waals surface area contributed by atoms with Gasteiger partial charge in [-0.05, 0) is 39.2 Å². The van der Waals surface area contributed by atoms with Gasteiger partial charge in [0.15, 0.2) is 0 Å². The van der Waals surface area contributed by atoms with E-state index in [4.69, 9.17) is 0 Å². The van der Waals surface area contributed by atoms with Gasteiger partial charge in [-0.15, -0.1) is 0 Å². The SMILES string of the molecule is CCC(C)N1C(=O)CC(NCCCC(=O)NC2CC2)C1=O. The molecule has 0 radical (unpaired) electrons. The summed E-state index contributed by atoms with van der Waals surface area (Å²) in [6, 6.07) is -0.0670. The first-order valence-corrected chi connectivity index (χ1v) is 7.91. The first-order valence-electron chi connectivity index (χ1n) is 7.91. The molecule has 21 heavy (non-hydrogen) atoms. The average molecular weight is 295 g/mol. The molecule has 2 N–H and O–H groups in total. The van der Waals surface area contributed by atoms with Crippen LogP contribution in [0.3, 0.4) is 0 Å². The molecular formula is C15H25N3O3. The summed E-state index contributed by atoms with van der Waals surface area (Å²) in [7, 11) is 0. The van der Waals surface area contributed by atoms with Crippen LogP contribution < -0.4 is 10.6 Å². The molecule has 0 aromatic heterocycles. The molecule has 6 nitrogen and oxygen atoms in total. The highest BCUT2D eigenvalue weighted by molar-refractivity contribution is 6.05. The largest absolute Gasteiger partial charge is 0.353 e. The van der Waals surface area contributed by atoms with E-state index in [0.717, 1.165) is 19.3 Å². The Morgan fingerprint density at radius 2 is 2.10 bits per heavy atom. The zero-order valence-corrected chi connectivity index (χ0v) is 12.9. The van der Waals surface area contributed by atoms with Gasteiger partial charge >= 0.3 is 0 Å². The first kappa shape index (κ1) is 15.9. The van der Waals surface area contributed by atoms with Crippen molar-refractivity contribution in [2.75, 3.05) is 6.54 Å². The van der Waals surface area contributed by atoms with Crippen LogP contribution in [0.2, 0.25) is 0 Å². The first-order chi connectivity index (χ1) is 10.0. The van der Waals surface area contributed by atoms with Gasteiger partial charge in [-0.3, -0.25) is 19.3 Å². The number of carbonyl (C=O) groups excluding carboxylic acids is 3. The lowest BCUT2D eigenvalue weighted by molar-refractivity contribution is -0.141. The summed E-state index contributed by atoms with van der Waals surface area (Å²) in [6.07, 6.45) is 4.33. The van der Waals surface area contributed by atoms with Crippen LogP contribution in [0.4, 0.5) is 0 Å². The van der Waals surface area contributed by atoms with Crippen molar-refractivity contribution < 1.29 is 14.4 Å². The highest BCUT2D eigenvalue weighted by Crippen LogP contribution is 2.19. The lowest BCUT2D eigenvalue weighted by Gasteiger charge is -2.21. The smallest absolute Gasteiger partial charge is 0.247 e. The number of imide groups is 1. The van der Waals surface area contributed by atoms with Crippen molar-refractivity contribution in [3.8, 4) is 0 Å². The topological polar surface area (TPSA) is 78.5 Å². The molecule has 2 fully saturated rings. The van der Waals surface area contributed by atoms with Gasteiger partial charge in [0.1, 0.15) is 0 Å². The third-order valence-electron chi connectivity index (χ3n) is 4.13. The number of likely N-dealkylation sites (tertiary alicyclic amines) is 1. The number of rotatable bonds is 8. The van der Waals surface area contributed by atoms with Crippen LogP contribution in [0.15, 0.2) is 0 Å². The molecule has 1 heterocycles. The quantitative estimate of drug-likeness (QED) is 0.507. The Hall–Kier alpha value is -1.43. The van der Waals surface area contributed by atoms with Crippen molar-refractivity contribution in [3.05, 3.63) is 0 Å². The van der Waals surface area contributed by atoms with Crippen LogP contribution in [-0.4, -0.2) is 47.3 Å². The fourth-order valence-corrected chi connectivity index (χ4v) is 2.51. The lowest BCUT2D eigenvalue weighted by atomic mass is 10.2. The Morgan fingerprint density at radius 3 is 2.71 bits per heavy atom. The van der Waals surface area contributed by atoms with Crippen LogP contribution >= 0.6 is 0 Å². The zero-order chi connectivity index (χ0) is 15.4. The van der Waals surface area contributed by atoms with Crippen LogP contribution in [0.25, 0.3) is 0 Å². The Balaban J connectivity index is 1.67. The summed E-state index contributed by atoms with van der Waals surface area (Å²) in [5.41, 5.74) is 0. The summed E-state index contributed by atoms with van der Waals surface area (Å²) >= 11 is 0. The molecule has 1 saturated heterocycles. The van der Waals surface area contributed by atoms with Gasteiger partial charge < -0.3 is 10.6 Å². The van der Waals surface area contributed by atoms with Gasteiger partial charge in [0.2, 0.25) is 17.7 Å². The maximum absolute atomic E-state index is 12.2. The molecule has 6 heteroatoms. The van der Waals surface area contributed by atoms with E-state index in [0.29, 0.717) is 25.4 Å². The molecule has 118 valence electrons. The van der Waals surface area contributed by atoms with Crippen molar-refractivity contribution in [1.82, 2.24) is 15.5 Å². The fraction of sp³-hybridized carbons (Fsp3) is 0.800. The molecule has 0 aromatic rings. The van der Waals surface area contributed by atoms with Gasteiger partial charge in [0.05, 0.1) is 12.5 Å². The molecule has 2 rings (SSSR count). The van der Waals surface area contributed by atoms with E-state index < -0.39 is 6.04 Å². The zero-order valence-electron chi connectivity index (χ0n) is 12.9. The average Bonchev–Trinajstić information content (AvgIpc) is 3.20. The van der Waals surface area contributed by atoms with Gasteiger partial charge in [-0.2, -0.15) is 0 Å². The second-order valence-electron chi connectivity index (χ2n) is 6.02. The normalized spacial score (nSPS) is 23.5. The minimum atomic E-state index is -0.419. The highest BCUT2D eigenvalue weighted by Gasteiger charge is 2.40. The molecule has 2 aliphatic rings. The second-order valence-corrected chi connectivity index (χ2v) is 6.02. The second kappa shape index (κ2) is 7.02. The van der Waals surface area contributed by atoms with Crippen molar-refractivity contribution in [2.24, 2.45) is 0 Å². The van der Waals surface area contributed by atoms with Crippen LogP contribution in [0.1, 0.15) is 52.4 Å². The minimum absolute atomic E-state index is 0.0406. The van der Waals surface area contributed by atoms with Crippen LogP contribution in [0, 0.1) is 0 Å². The summed E-state index contributed by atoms with van der Waals surface area (Å²) in [5.74, 6) is -0.149. The Kier molecular flexibility index (Phi) is 5.33. The number of nitrogens with one attached hydrogen (secondary N) is 2. The third kappa shape index (κ3) is 4.27. The minimum Gasteiger partial charge on any atom is -0.353 e. The summed E-state index contributed by atoms with van der Waals surface area (Å²) in [5, 5.41) is 6.03. The number of carbonyl (C=O) groups is 3. The van der Waals surface area contributed by atoms with Crippen LogP contribution in [-0.2, 0) is 14.4 Å². The molecule has 0 aromatic carbocycles. The molecule has 2 atom stereocenters. The van der Waals surface area contributed by atoms with E-state index in [-0.39, 0.29) is 30.2 Å². The molecule has 3 amide bonds. The van der Waals surface area contributed by atoms with E-state index in [1.165, 1.54) is 4.90 Å². The van der Waals surface area contributed by atoms with E-state index in [9.17, 15) is 14.4 Å². The van der Waals surface area contributed by atoms with Crippen molar-refractivity contribution in [2.45, 2.75) is 70.5 Å². The lowest BCUT2D eigenvalue weighted by Crippen LogP contribution is -2.43. The van der Waals surface area contributed by atoms with E-state index in [1.54, 1.807) is 0 Å². The van der Waals surface area contributed by atoms with Gasteiger partial charge in [0.25, 0.3) is 0 Å². The van der Waals surface area contributed by atoms with Gasteiger partial charge in [0, 0.05) is 18.5 Å². The molecular weight excluding hydrogens is 270 g/mol. The molecule has 1 aliphatic carbocycles. The fourth-order valence-electron chi connectivity index (χ4n) is 2.51. The molecule has 2 unspecified atom stereocenters. The molecule has 1 aliphatic heterocycles. The molecule has 0 spiro atoms. The monoisotopic (exact) mass is 295 g/mol. The number of amides is 3. The van der Waals surface area contributed by atoms with E-state index in [2.05, 4.69) is 10.6 Å². The van der Waals surface area contributed by atoms with Crippen molar-refractivity contribution >= 4 is 17.7 Å². The Labute approximate surface area is 125 Å². The van der Waals surface area contributed by atoms with Crippen molar-refractivity contribution in [1.29, 1.82) is 0 Å². The maximum atomic E-state index is 12.2. The standard InChI is InChI=1S/C15H25N3O3/c1-3-10(2)18-14(20)9-12(15(18)21)16-8-4-5-13(19)17-11-6-7-11/h10-12,16H,3-9H2,1-2H3,(H,17,19). The highest BCUT2D eigenvalue weighted by atomic mass is 16.2. The predicted octanol–water partition coefficient (Wildman–Crippen LogP) is 0.561. The number of nitrogens with zero attached hydrogens (tertiary/aromatic N) is 1. The van der Waals surface area contributed by atoms with Gasteiger partial charge in [-0.25, -0.2) is 0 Å². The summed E-state index contributed by atoms with van der Waals surface area (Å²) < 4.78 is 0. The molecule has 0 bridgehead atoms. The third-order valence-corrected chi connectivity index (χ3v) is 4.13. The molecule has 1 saturated carbocycles. The van der Waals surface area contributed by atoms with E-state index >= 15 is 0 Å². The van der Waals surface area contributed by atoms with Crippen molar-refractivity contribution in [3.63, 3.8) is 0 Å². The van der Waals surface area contributed by atoms with E-state index in [1.807, 2.05) is 13.8 Å². The number of hydrogen-bond donors (Lipinski definition) is 2. The Morgan fingerprint density at radius 1 is 1.38 bits per heavy atom. The number of hydrogen-bond acceptors (Lipinski definition) is 4.